The molecule has 1 saturated heterocycles. The lowest BCUT2D eigenvalue weighted by atomic mass is 9.95. The Morgan fingerprint density at radius 1 is 1.10 bits per heavy atom. The highest BCUT2D eigenvalue weighted by molar-refractivity contribution is 5.98. The second-order valence-corrected chi connectivity index (χ2v) is 8.55. The maximum absolute atomic E-state index is 12.9. The van der Waals surface area contributed by atoms with E-state index in [2.05, 4.69) is 15.5 Å². The second-order valence-electron chi connectivity index (χ2n) is 8.55. The van der Waals surface area contributed by atoms with Gasteiger partial charge in [-0.05, 0) is 24.6 Å². The summed E-state index contributed by atoms with van der Waals surface area (Å²) in [5.74, 6) is -0.167. The predicted molar refractivity (Wildman–Crippen MR) is 116 cm³/mol. The third-order valence-corrected chi connectivity index (χ3v) is 4.92. The van der Waals surface area contributed by atoms with Gasteiger partial charge in [0.15, 0.2) is 0 Å². The molecule has 1 fully saturated rings. The van der Waals surface area contributed by atoms with E-state index in [0.29, 0.717) is 57.1 Å². The Labute approximate surface area is 178 Å². The molecule has 0 aliphatic carbocycles. The van der Waals surface area contributed by atoms with Crippen molar-refractivity contribution in [3.8, 4) is 0 Å². The number of ether oxygens (including phenoxy) is 1. The molecule has 1 aromatic rings. The number of piperazine rings is 1. The molecule has 0 bridgehead atoms. The van der Waals surface area contributed by atoms with Crippen LogP contribution < -0.4 is 10.6 Å². The number of methoxy groups -OCH3 is 1. The maximum Gasteiger partial charge on any atom is 0.254 e. The first-order valence-electron chi connectivity index (χ1n) is 10.4. The van der Waals surface area contributed by atoms with E-state index in [0.717, 1.165) is 6.42 Å². The van der Waals surface area contributed by atoms with Crippen molar-refractivity contribution >= 4 is 23.4 Å². The highest BCUT2D eigenvalue weighted by Crippen LogP contribution is 2.19. The molecule has 0 saturated carbocycles. The highest BCUT2D eigenvalue weighted by atomic mass is 16.5. The number of benzene rings is 1. The number of nitrogens with zero attached hydrogens (tertiary/aromatic N) is 2. The molecule has 2 rings (SSSR count). The van der Waals surface area contributed by atoms with E-state index in [9.17, 15) is 14.4 Å². The third-order valence-electron chi connectivity index (χ3n) is 4.92. The number of nitrogens with one attached hydrogen (secondary N) is 2. The highest BCUT2D eigenvalue weighted by Gasteiger charge is 2.24. The summed E-state index contributed by atoms with van der Waals surface area (Å²) in [7, 11) is 1.64. The van der Waals surface area contributed by atoms with Crippen molar-refractivity contribution in [2.45, 2.75) is 27.2 Å². The van der Waals surface area contributed by atoms with Gasteiger partial charge in [0.2, 0.25) is 11.8 Å². The number of carbonyl (C=O) groups excluding carboxylic acids is 3. The van der Waals surface area contributed by atoms with Crippen LogP contribution >= 0.6 is 0 Å². The summed E-state index contributed by atoms with van der Waals surface area (Å²) < 4.78 is 4.97. The van der Waals surface area contributed by atoms with E-state index < -0.39 is 5.41 Å². The first-order chi connectivity index (χ1) is 14.2. The average Bonchev–Trinajstić information content (AvgIpc) is 2.71. The Morgan fingerprint density at radius 2 is 1.80 bits per heavy atom. The monoisotopic (exact) mass is 418 g/mol. The van der Waals surface area contributed by atoms with Gasteiger partial charge in [0.05, 0.1) is 6.54 Å². The van der Waals surface area contributed by atoms with Crippen LogP contribution in [0.1, 0.15) is 37.6 Å². The number of hydrogen-bond donors (Lipinski definition) is 2. The molecule has 8 heteroatoms. The Kier molecular flexibility index (Phi) is 8.80. The zero-order valence-electron chi connectivity index (χ0n) is 18.5. The number of carbonyl (C=O) groups is 3. The van der Waals surface area contributed by atoms with Crippen LogP contribution in [0.25, 0.3) is 0 Å². The van der Waals surface area contributed by atoms with Gasteiger partial charge in [-0.15, -0.1) is 0 Å². The van der Waals surface area contributed by atoms with E-state index in [1.54, 1.807) is 36.3 Å². The minimum absolute atomic E-state index is 0.00632. The SMILES string of the molecule is COCCCNC(=O)CN1CCN(C(=O)c2cccc(NC(=O)C(C)(C)C)c2)CC1. The molecular weight excluding hydrogens is 384 g/mol. The van der Waals surface area contributed by atoms with Crippen LogP contribution in [0.4, 0.5) is 5.69 Å². The van der Waals surface area contributed by atoms with Crippen LogP contribution in [0, 0.1) is 5.41 Å². The van der Waals surface area contributed by atoms with Crippen LogP contribution in [-0.2, 0) is 14.3 Å². The van der Waals surface area contributed by atoms with Crippen molar-refractivity contribution in [3.05, 3.63) is 29.8 Å². The molecule has 166 valence electrons. The minimum atomic E-state index is -0.508. The van der Waals surface area contributed by atoms with Crippen LogP contribution in [-0.4, -0.2) is 80.5 Å². The number of anilines is 1. The fourth-order valence-electron chi connectivity index (χ4n) is 3.04. The summed E-state index contributed by atoms with van der Waals surface area (Å²) in [5, 5.41) is 5.74. The van der Waals surface area contributed by atoms with Gasteiger partial charge in [0.25, 0.3) is 5.91 Å². The fraction of sp³-hybridized carbons (Fsp3) is 0.591. The lowest BCUT2D eigenvalue weighted by Gasteiger charge is -2.34. The second kappa shape index (κ2) is 11.1. The van der Waals surface area contributed by atoms with E-state index in [1.807, 2.05) is 20.8 Å². The molecule has 1 aromatic carbocycles. The molecule has 1 aliphatic heterocycles. The van der Waals surface area contributed by atoms with Gasteiger partial charge in [-0.3, -0.25) is 19.3 Å². The van der Waals surface area contributed by atoms with Crippen molar-refractivity contribution in [1.82, 2.24) is 15.1 Å². The Hall–Kier alpha value is -2.45. The van der Waals surface area contributed by atoms with Crippen molar-refractivity contribution in [2.24, 2.45) is 5.41 Å². The summed E-state index contributed by atoms with van der Waals surface area (Å²) in [6.45, 7) is 9.53. The van der Waals surface area contributed by atoms with Gasteiger partial charge in [-0.2, -0.15) is 0 Å². The molecule has 0 aromatic heterocycles. The van der Waals surface area contributed by atoms with Gasteiger partial charge in [0, 0.05) is 63.1 Å². The zero-order chi connectivity index (χ0) is 22.1. The summed E-state index contributed by atoms with van der Waals surface area (Å²) in [4.78, 5) is 40.9. The molecule has 0 radical (unpaired) electrons. The Balaban J connectivity index is 1.83. The summed E-state index contributed by atoms with van der Waals surface area (Å²) in [6, 6.07) is 7.03. The standard InChI is InChI=1S/C22H34N4O4/c1-22(2,3)21(29)24-18-8-5-7-17(15-18)20(28)26-12-10-25(11-13-26)16-19(27)23-9-6-14-30-4/h5,7-8,15H,6,9-14,16H2,1-4H3,(H,23,27)(H,24,29). The predicted octanol–water partition coefficient (Wildman–Crippen LogP) is 1.58. The first-order valence-corrected chi connectivity index (χ1v) is 10.4. The molecule has 2 N–H and O–H groups in total. The van der Waals surface area contributed by atoms with Crippen LogP contribution in [0.3, 0.4) is 0 Å². The Bertz CT molecular complexity index is 737. The van der Waals surface area contributed by atoms with Crippen molar-refractivity contribution < 1.29 is 19.1 Å². The van der Waals surface area contributed by atoms with Gasteiger partial charge in [-0.25, -0.2) is 0 Å². The molecule has 1 aliphatic rings. The molecule has 3 amide bonds. The molecule has 0 unspecified atom stereocenters. The minimum Gasteiger partial charge on any atom is -0.385 e. The summed E-state index contributed by atoms with van der Waals surface area (Å²) >= 11 is 0. The molecule has 30 heavy (non-hydrogen) atoms. The smallest absolute Gasteiger partial charge is 0.254 e. The lowest BCUT2D eigenvalue weighted by molar-refractivity contribution is -0.123. The molecule has 0 spiro atoms. The van der Waals surface area contributed by atoms with Crippen molar-refractivity contribution in [2.75, 3.05) is 58.3 Å². The summed E-state index contributed by atoms with van der Waals surface area (Å²) in [5.41, 5.74) is 0.655. The van der Waals surface area contributed by atoms with Gasteiger partial charge < -0.3 is 20.3 Å². The first kappa shape index (κ1) is 23.8. The van der Waals surface area contributed by atoms with Crippen LogP contribution in [0.15, 0.2) is 24.3 Å². The summed E-state index contributed by atoms with van der Waals surface area (Å²) in [6.07, 6.45) is 0.791. The van der Waals surface area contributed by atoms with E-state index in [4.69, 9.17) is 4.74 Å². The van der Waals surface area contributed by atoms with E-state index in [1.165, 1.54) is 0 Å². The van der Waals surface area contributed by atoms with Crippen molar-refractivity contribution in [1.29, 1.82) is 0 Å². The molecule has 0 atom stereocenters. The van der Waals surface area contributed by atoms with Crippen LogP contribution in [0.5, 0.6) is 0 Å². The zero-order valence-corrected chi connectivity index (χ0v) is 18.5. The third kappa shape index (κ3) is 7.42. The van der Waals surface area contributed by atoms with Gasteiger partial charge in [0.1, 0.15) is 0 Å². The maximum atomic E-state index is 12.9. The quantitative estimate of drug-likeness (QED) is 0.626. The fourth-order valence-corrected chi connectivity index (χ4v) is 3.04. The van der Waals surface area contributed by atoms with Crippen LogP contribution in [0.2, 0.25) is 0 Å². The Morgan fingerprint density at radius 3 is 2.43 bits per heavy atom. The number of amides is 3. The van der Waals surface area contributed by atoms with E-state index >= 15 is 0 Å². The normalized spacial score (nSPS) is 15.0. The molecular formula is C22H34N4O4. The van der Waals surface area contributed by atoms with Gasteiger partial charge in [-0.1, -0.05) is 26.8 Å². The lowest BCUT2D eigenvalue weighted by Crippen LogP contribution is -2.51. The largest absolute Gasteiger partial charge is 0.385 e. The van der Waals surface area contributed by atoms with E-state index in [-0.39, 0.29) is 17.7 Å². The topological polar surface area (TPSA) is 91.0 Å². The van der Waals surface area contributed by atoms with Crippen molar-refractivity contribution in [3.63, 3.8) is 0 Å². The number of rotatable bonds is 8. The molecule has 8 nitrogen and oxygen atoms in total. The molecule has 1 heterocycles. The van der Waals surface area contributed by atoms with Gasteiger partial charge >= 0.3 is 0 Å². The average molecular weight is 419 g/mol. The number of hydrogen-bond acceptors (Lipinski definition) is 5.